The molecule has 3 aromatic rings. The van der Waals surface area contributed by atoms with Crippen LogP contribution in [-0.4, -0.2) is 28.8 Å². The predicted molar refractivity (Wildman–Crippen MR) is 102 cm³/mol. The zero-order valence-electron chi connectivity index (χ0n) is 14.7. The number of aromatic nitrogens is 2. The van der Waals surface area contributed by atoms with E-state index in [4.69, 9.17) is 4.52 Å². The van der Waals surface area contributed by atoms with Gasteiger partial charge in [-0.2, -0.15) is 4.98 Å². The second-order valence-corrected chi connectivity index (χ2v) is 7.31. The van der Waals surface area contributed by atoms with E-state index >= 15 is 0 Å². The highest BCUT2D eigenvalue weighted by Crippen LogP contribution is 2.32. The van der Waals surface area contributed by atoms with Crippen molar-refractivity contribution in [2.45, 2.75) is 24.2 Å². The summed E-state index contributed by atoms with van der Waals surface area (Å²) >= 11 is 1.68. The number of hydrogen-bond donors (Lipinski definition) is 0. The van der Waals surface area contributed by atoms with E-state index in [1.165, 1.54) is 4.90 Å². The summed E-state index contributed by atoms with van der Waals surface area (Å²) in [5.41, 5.74) is 2.98. The van der Waals surface area contributed by atoms with Crippen LogP contribution in [-0.2, 0) is 4.79 Å². The highest BCUT2D eigenvalue weighted by Gasteiger charge is 2.35. The van der Waals surface area contributed by atoms with E-state index in [1.54, 1.807) is 16.7 Å². The van der Waals surface area contributed by atoms with Crippen LogP contribution in [0.3, 0.4) is 0 Å². The van der Waals surface area contributed by atoms with Crippen molar-refractivity contribution in [3.05, 3.63) is 60.0 Å². The van der Waals surface area contributed by atoms with Crippen LogP contribution < -0.4 is 4.90 Å². The third kappa shape index (κ3) is 3.24. The summed E-state index contributed by atoms with van der Waals surface area (Å²) in [5, 5.41) is 4.10. The van der Waals surface area contributed by atoms with Gasteiger partial charge in [0.1, 0.15) is 0 Å². The number of hydrogen-bond acceptors (Lipinski definition) is 5. The number of carbonyl (C=O) groups excluding carboxylic acids is 1. The lowest BCUT2D eigenvalue weighted by atomic mass is 10.1. The zero-order chi connectivity index (χ0) is 18.1. The maximum Gasteiger partial charge on any atom is 0.232 e. The molecule has 6 heteroatoms. The average molecular weight is 365 g/mol. The molecule has 1 unspecified atom stereocenters. The topological polar surface area (TPSA) is 59.2 Å². The van der Waals surface area contributed by atoms with Gasteiger partial charge in [-0.25, -0.2) is 0 Å². The van der Waals surface area contributed by atoms with Gasteiger partial charge in [0.05, 0.1) is 5.92 Å². The molecule has 2 aromatic carbocycles. The highest BCUT2D eigenvalue weighted by molar-refractivity contribution is 7.98. The van der Waals surface area contributed by atoms with Crippen molar-refractivity contribution in [2.75, 3.05) is 17.7 Å². The summed E-state index contributed by atoms with van der Waals surface area (Å²) < 4.78 is 5.47. The molecule has 1 amide bonds. The second-order valence-electron chi connectivity index (χ2n) is 6.43. The van der Waals surface area contributed by atoms with Gasteiger partial charge in [-0.1, -0.05) is 28.9 Å². The molecule has 1 aliphatic heterocycles. The third-order valence-corrected chi connectivity index (χ3v) is 5.32. The molecule has 4 rings (SSSR count). The van der Waals surface area contributed by atoms with E-state index in [-0.39, 0.29) is 11.8 Å². The Hall–Kier alpha value is -2.60. The summed E-state index contributed by atoms with van der Waals surface area (Å²) in [7, 11) is 0. The van der Waals surface area contributed by atoms with Gasteiger partial charge in [0, 0.05) is 29.1 Å². The van der Waals surface area contributed by atoms with E-state index in [9.17, 15) is 4.79 Å². The van der Waals surface area contributed by atoms with Crippen molar-refractivity contribution in [1.82, 2.24) is 10.1 Å². The van der Waals surface area contributed by atoms with Gasteiger partial charge in [0.25, 0.3) is 0 Å². The lowest BCUT2D eigenvalue weighted by molar-refractivity contribution is -0.117. The van der Waals surface area contributed by atoms with Crippen LogP contribution in [0.25, 0.3) is 11.4 Å². The molecule has 1 aliphatic rings. The fraction of sp³-hybridized carbons (Fsp3) is 0.250. The molecule has 0 bridgehead atoms. The van der Waals surface area contributed by atoms with Crippen molar-refractivity contribution >= 4 is 23.4 Å². The van der Waals surface area contributed by atoms with Crippen LogP contribution in [0.4, 0.5) is 5.69 Å². The molecule has 1 saturated heterocycles. The number of amides is 1. The smallest absolute Gasteiger partial charge is 0.232 e. The first kappa shape index (κ1) is 16.8. The van der Waals surface area contributed by atoms with Crippen molar-refractivity contribution in [2.24, 2.45) is 0 Å². The zero-order valence-corrected chi connectivity index (χ0v) is 15.5. The molecular formula is C20H19N3O2S. The first-order valence-electron chi connectivity index (χ1n) is 8.49. The number of anilines is 1. The fourth-order valence-electron chi connectivity index (χ4n) is 3.19. The van der Waals surface area contributed by atoms with Crippen LogP contribution in [0.5, 0.6) is 0 Å². The van der Waals surface area contributed by atoms with Gasteiger partial charge in [0.2, 0.25) is 17.6 Å². The van der Waals surface area contributed by atoms with Gasteiger partial charge in [-0.15, -0.1) is 11.8 Å². The van der Waals surface area contributed by atoms with Crippen LogP contribution in [0.2, 0.25) is 0 Å². The van der Waals surface area contributed by atoms with Crippen LogP contribution in [0, 0.1) is 6.92 Å². The molecule has 0 aliphatic carbocycles. The Bertz CT molecular complexity index is 936. The molecule has 1 aromatic heterocycles. The van der Waals surface area contributed by atoms with E-state index in [1.807, 2.05) is 61.7 Å². The molecule has 26 heavy (non-hydrogen) atoms. The molecule has 1 atom stereocenters. The SMILES string of the molecule is CSc1ccc(N2CC(c3nc(-c4cccc(C)c4)no3)CC2=O)cc1. The monoisotopic (exact) mass is 365 g/mol. The van der Waals surface area contributed by atoms with Gasteiger partial charge >= 0.3 is 0 Å². The summed E-state index contributed by atoms with van der Waals surface area (Å²) in [6.07, 6.45) is 2.42. The van der Waals surface area contributed by atoms with Crippen molar-refractivity contribution in [3.8, 4) is 11.4 Å². The Balaban J connectivity index is 1.53. The second kappa shape index (κ2) is 6.96. The number of benzene rings is 2. The number of rotatable bonds is 4. The highest BCUT2D eigenvalue weighted by atomic mass is 32.2. The Morgan fingerprint density at radius 3 is 2.73 bits per heavy atom. The molecule has 1 fully saturated rings. The van der Waals surface area contributed by atoms with Gasteiger partial charge < -0.3 is 9.42 Å². The number of aryl methyl sites for hydroxylation is 1. The van der Waals surface area contributed by atoms with Crippen LogP contribution >= 0.6 is 11.8 Å². The van der Waals surface area contributed by atoms with Crippen LogP contribution in [0.15, 0.2) is 57.9 Å². The van der Waals surface area contributed by atoms with Gasteiger partial charge in [0.15, 0.2) is 0 Å². The maximum atomic E-state index is 12.5. The van der Waals surface area contributed by atoms with Crippen LogP contribution in [0.1, 0.15) is 23.8 Å². The Morgan fingerprint density at radius 2 is 2.00 bits per heavy atom. The fourth-order valence-corrected chi connectivity index (χ4v) is 3.60. The molecule has 2 heterocycles. The number of nitrogens with zero attached hydrogens (tertiary/aromatic N) is 3. The lowest BCUT2D eigenvalue weighted by Gasteiger charge is -2.16. The average Bonchev–Trinajstić information content (AvgIpc) is 3.29. The summed E-state index contributed by atoms with van der Waals surface area (Å²) in [6.45, 7) is 2.59. The van der Waals surface area contributed by atoms with E-state index in [0.717, 1.165) is 16.8 Å². The lowest BCUT2D eigenvalue weighted by Crippen LogP contribution is -2.24. The Labute approximate surface area is 156 Å². The van der Waals surface area contributed by atoms with Gasteiger partial charge in [-0.05, 0) is 43.5 Å². The maximum absolute atomic E-state index is 12.5. The quantitative estimate of drug-likeness (QED) is 0.646. The first-order chi connectivity index (χ1) is 12.6. The van der Waals surface area contributed by atoms with E-state index < -0.39 is 0 Å². The Morgan fingerprint density at radius 1 is 1.19 bits per heavy atom. The third-order valence-electron chi connectivity index (χ3n) is 4.58. The molecule has 5 nitrogen and oxygen atoms in total. The summed E-state index contributed by atoms with van der Waals surface area (Å²) in [5.74, 6) is 1.10. The molecule has 0 spiro atoms. The summed E-state index contributed by atoms with van der Waals surface area (Å²) in [6, 6.07) is 16.0. The van der Waals surface area contributed by atoms with E-state index in [0.29, 0.717) is 24.7 Å². The van der Waals surface area contributed by atoms with Gasteiger partial charge in [-0.3, -0.25) is 4.79 Å². The molecule has 0 N–H and O–H groups in total. The normalized spacial score (nSPS) is 17.1. The minimum Gasteiger partial charge on any atom is -0.339 e. The molecular weight excluding hydrogens is 346 g/mol. The van der Waals surface area contributed by atoms with Crippen molar-refractivity contribution in [3.63, 3.8) is 0 Å². The van der Waals surface area contributed by atoms with E-state index in [2.05, 4.69) is 10.1 Å². The Kier molecular flexibility index (Phi) is 4.51. The minimum absolute atomic E-state index is 0.0752. The van der Waals surface area contributed by atoms with Crippen molar-refractivity contribution in [1.29, 1.82) is 0 Å². The first-order valence-corrected chi connectivity index (χ1v) is 9.71. The number of thioether (sulfide) groups is 1. The summed E-state index contributed by atoms with van der Waals surface area (Å²) in [4.78, 5) is 20.0. The largest absolute Gasteiger partial charge is 0.339 e. The molecule has 0 radical (unpaired) electrons. The predicted octanol–water partition coefficient (Wildman–Crippen LogP) is 4.29. The standard InChI is InChI=1S/C20H19N3O2S/c1-13-4-3-5-14(10-13)19-21-20(25-22-19)15-11-18(24)23(12-15)16-6-8-17(26-2)9-7-16/h3-10,15H,11-12H2,1-2H3. The molecule has 0 saturated carbocycles. The molecule has 132 valence electrons. The number of carbonyl (C=O) groups is 1. The minimum atomic E-state index is -0.0752. The van der Waals surface area contributed by atoms with Crippen molar-refractivity contribution < 1.29 is 9.32 Å².